The summed E-state index contributed by atoms with van der Waals surface area (Å²) in [4.78, 5) is 26.1. The number of halogens is 1. The van der Waals surface area contributed by atoms with E-state index in [-0.39, 0.29) is 18.2 Å². The van der Waals surface area contributed by atoms with Crippen LogP contribution >= 0.6 is 27.3 Å². The van der Waals surface area contributed by atoms with Gasteiger partial charge in [0.2, 0.25) is 11.8 Å². The minimum atomic E-state index is -0.323. The lowest BCUT2D eigenvalue weighted by molar-refractivity contribution is -0.125. The monoisotopic (exact) mass is 352 g/mol. The standard InChI is InChI=1S/C14H13BrN2O2S/c1-9(18)17(11-4-2-3-10(16)7-11)14(19)8-12-5-6-13(15)20-12/h2-7H,8,16H2,1H3. The van der Waals surface area contributed by atoms with Crippen molar-refractivity contribution in [2.45, 2.75) is 13.3 Å². The first-order valence-electron chi connectivity index (χ1n) is 5.90. The first-order chi connectivity index (χ1) is 9.47. The smallest absolute Gasteiger partial charge is 0.239 e. The number of carbonyl (C=O) groups is 2. The van der Waals surface area contributed by atoms with Gasteiger partial charge in [-0.25, -0.2) is 0 Å². The van der Waals surface area contributed by atoms with Crippen molar-refractivity contribution in [3.8, 4) is 0 Å². The molecular weight excluding hydrogens is 340 g/mol. The second-order valence-electron chi connectivity index (χ2n) is 4.23. The maximum Gasteiger partial charge on any atom is 0.239 e. The largest absolute Gasteiger partial charge is 0.399 e. The van der Waals surface area contributed by atoms with Gasteiger partial charge < -0.3 is 5.73 Å². The Hall–Kier alpha value is -1.66. The summed E-state index contributed by atoms with van der Waals surface area (Å²) in [6.45, 7) is 1.37. The Bertz CT molecular complexity index is 654. The molecular formula is C14H13BrN2O2S. The molecule has 1 aromatic heterocycles. The van der Waals surface area contributed by atoms with Gasteiger partial charge in [-0.3, -0.25) is 14.5 Å². The topological polar surface area (TPSA) is 63.4 Å². The normalized spacial score (nSPS) is 10.3. The van der Waals surface area contributed by atoms with E-state index in [1.54, 1.807) is 24.3 Å². The zero-order valence-corrected chi connectivity index (χ0v) is 13.2. The number of nitrogens with zero attached hydrogens (tertiary/aromatic N) is 1. The number of rotatable bonds is 3. The lowest BCUT2D eigenvalue weighted by atomic mass is 10.2. The van der Waals surface area contributed by atoms with E-state index in [2.05, 4.69) is 15.9 Å². The summed E-state index contributed by atoms with van der Waals surface area (Å²) in [5, 5.41) is 0. The van der Waals surface area contributed by atoms with Crippen molar-refractivity contribution in [3.63, 3.8) is 0 Å². The summed E-state index contributed by atoms with van der Waals surface area (Å²) >= 11 is 4.83. The van der Waals surface area contributed by atoms with E-state index >= 15 is 0 Å². The molecule has 0 radical (unpaired) electrons. The van der Waals surface area contributed by atoms with E-state index in [0.717, 1.165) is 13.6 Å². The number of nitrogens with two attached hydrogens (primary N) is 1. The van der Waals surface area contributed by atoms with Crippen molar-refractivity contribution in [1.82, 2.24) is 0 Å². The first kappa shape index (κ1) is 14.7. The molecule has 20 heavy (non-hydrogen) atoms. The predicted molar refractivity (Wildman–Crippen MR) is 84.7 cm³/mol. The molecule has 0 aliphatic heterocycles. The third kappa shape index (κ3) is 3.46. The van der Waals surface area contributed by atoms with E-state index in [0.29, 0.717) is 11.4 Å². The average molecular weight is 353 g/mol. The lowest BCUT2D eigenvalue weighted by Gasteiger charge is -2.19. The highest BCUT2D eigenvalue weighted by molar-refractivity contribution is 9.11. The van der Waals surface area contributed by atoms with Crippen LogP contribution in [0.1, 0.15) is 11.8 Å². The molecule has 0 bridgehead atoms. The third-order valence-corrected chi connectivity index (χ3v) is 4.27. The van der Waals surface area contributed by atoms with Gasteiger partial charge in [0.05, 0.1) is 15.9 Å². The van der Waals surface area contributed by atoms with Gasteiger partial charge in [0.1, 0.15) is 0 Å². The molecule has 2 N–H and O–H groups in total. The van der Waals surface area contributed by atoms with Crippen LogP contribution in [0.15, 0.2) is 40.2 Å². The Labute approximate surface area is 129 Å². The van der Waals surface area contributed by atoms with E-state index in [1.165, 1.54) is 18.3 Å². The second kappa shape index (κ2) is 6.19. The van der Waals surface area contributed by atoms with Gasteiger partial charge >= 0.3 is 0 Å². The van der Waals surface area contributed by atoms with Crippen LogP contribution in [-0.4, -0.2) is 11.8 Å². The molecule has 2 rings (SSSR count). The maximum absolute atomic E-state index is 12.3. The molecule has 0 saturated carbocycles. The van der Waals surface area contributed by atoms with Gasteiger partial charge in [0.15, 0.2) is 0 Å². The Kier molecular flexibility index (Phi) is 4.57. The van der Waals surface area contributed by atoms with Crippen molar-refractivity contribution in [1.29, 1.82) is 0 Å². The van der Waals surface area contributed by atoms with Crippen LogP contribution in [0.4, 0.5) is 11.4 Å². The molecule has 0 spiro atoms. The summed E-state index contributed by atoms with van der Waals surface area (Å²) in [7, 11) is 0. The quantitative estimate of drug-likeness (QED) is 0.862. The lowest BCUT2D eigenvalue weighted by Crippen LogP contribution is -2.36. The van der Waals surface area contributed by atoms with Crippen molar-refractivity contribution < 1.29 is 9.59 Å². The summed E-state index contributed by atoms with van der Waals surface area (Å²) in [6.07, 6.45) is 0.185. The van der Waals surface area contributed by atoms with Crippen LogP contribution in [0, 0.1) is 0 Å². The van der Waals surface area contributed by atoms with E-state index in [9.17, 15) is 9.59 Å². The zero-order valence-electron chi connectivity index (χ0n) is 10.8. The molecule has 6 heteroatoms. The molecule has 2 amide bonds. The van der Waals surface area contributed by atoms with Crippen LogP contribution in [0.2, 0.25) is 0 Å². The summed E-state index contributed by atoms with van der Waals surface area (Å²) in [5.41, 5.74) is 6.71. The van der Waals surface area contributed by atoms with Gasteiger partial charge in [0, 0.05) is 17.5 Å². The highest BCUT2D eigenvalue weighted by Gasteiger charge is 2.21. The summed E-state index contributed by atoms with van der Waals surface area (Å²) in [6, 6.07) is 10.5. The fraction of sp³-hybridized carbons (Fsp3) is 0.143. The van der Waals surface area contributed by atoms with Crippen LogP contribution in [0.3, 0.4) is 0 Å². The third-order valence-electron chi connectivity index (χ3n) is 2.65. The van der Waals surface area contributed by atoms with Crippen LogP contribution < -0.4 is 10.6 Å². The van der Waals surface area contributed by atoms with Gasteiger partial charge in [-0.05, 0) is 46.3 Å². The number of amides is 2. The van der Waals surface area contributed by atoms with E-state index in [4.69, 9.17) is 5.73 Å². The van der Waals surface area contributed by atoms with Gasteiger partial charge in [-0.2, -0.15) is 0 Å². The van der Waals surface area contributed by atoms with E-state index in [1.807, 2.05) is 12.1 Å². The Balaban J connectivity index is 2.24. The number of carbonyl (C=O) groups excluding carboxylic acids is 2. The molecule has 4 nitrogen and oxygen atoms in total. The SMILES string of the molecule is CC(=O)N(C(=O)Cc1ccc(Br)s1)c1cccc(N)c1. The molecule has 0 atom stereocenters. The fourth-order valence-corrected chi connectivity index (χ4v) is 3.31. The number of thiophene rings is 1. The molecule has 104 valence electrons. The van der Waals surface area contributed by atoms with E-state index < -0.39 is 0 Å². The second-order valence-corrected chi connectivity index (χ2v) is 6.77. The number of hydrogen-bond donors (Lipinski definition) is 1. The molecule has 1 heterocycles. The molecule has 2 aromatic rings. The van der Waals surface area contributed by atoms with Gasteiger partial charge in [-0.15, -0.1) is 11.3 Å². The fourth-order valence-electron chi connectivity index (χ4n) is 1.84. The molecule has 0 aliphatic carbocycles. The van der Waals surface area contributed by atoms with Crippen molar-refractivity contribution in [2.75, 3.05) is 10.6 Å². The van der Waals surface area contributed by atoms with Crippen molar-refractivity contribution in [3.05, 3.63) is 45.1 Å². The first-order valence-corrected chi connectivity index (χ1v) is 7.51. The van der Waals surface area contributed by atoms with Crippen LogP contribution in [0.25, 0.3) is 0 Å². The zero-order chi connectivity index (χ0) is 14.7. The highest BCUT2D eigenvalue weighted by Crippen LogP contribution is 2.24. The molecule has 0 saturated heterocycles. The van der Waals surface area contributed by atoms with Crippen molar-refractivity contribution in [2.24, 2.45) is 0 Å². The number of anilines is 2. The molecule has 0 fully saturated rings. The minimum Gasteiger partial charge on any atom is -0.399 e. The predicted octanol–water partition coefficient (Wildman–Crippen LogP) is 3.22. The molecule has 1 aromatic carbocycles. The van der Waals surface area contributed by atoms with Crippen LogP contribution in [-0.2, 0) is 16.0 Å². The van der Waals surface area contributed by atoms with Crippen LogP contribution in [0.5, 0.6) is 0 Å². The van der Waals surface area contributed by atoms with Gasteiger partial charge in [0.25, 0.3) is 0 Å². The number of hydrogen-bond acceptors (Lipinski definition) is 4. The highest BCUT2D eigenvalue weighted by atomic mass is 79.9. The number of benzene rings is 1. The molecule has 0 aliphatic rings. The minimum absolute atomic E-state index is 0.185. The molecule has 0 unspecified atom stereocenters. The Morgan fingerprint density at radius 1 is 1.30 bits per heavy atom. The average Bonchev–Trinajstić information content (AvgIpc) is 2.74. The summed E-state index contributed by atoms with van der Waals surface area (Å²) < 4.78 is 0.957. The number of nitrogen functional groups attached to an aromatic ring is 1. The van der Waals surface area contributed by atoms with Gasteiger partial charge in [-0.1, -0.05) is 6.07 Å². The summed E-state index contributed by atoms with van der Waals surface area (Å²) in [5.74, 6) is -0.589. The Morgan fingerprint density at radius 3 is 2.60 bits per heavy atom. The number of imide groups is 1. The Morgan fingerprint density at radius 2 is 2.05 bits per heavy atom. The van der Waals surface area contributed by atoms with Crippen molar-refractivity contribution >= 4 is 50.5 Å². The maximum atomic E-state index is 12.3.